The SMILES string of the molecule is Cc1ncc(OC(F)(F)F)c(CCl)c1CC#N. The maximum absolute atomic E-state index is 12.1. The fraction of sp³-hybridized carbons (Fsp3) is 0.400. The second-order valence-electron chi connectivity index (χ2n) is 3.18. The van der Waals surface area contributed by atoms with Crippen LogP contribution >= 0.6 is 11.6 Å². The first-order valence-electron chi connectivity index (χ1n) is 4.55. The second kappa shape index (κ2) is 5.23. The smallest absolute Gasteiger partial charge is 0.404 e. The molecular formula is C10H8ClF3N2O. The summed E-state index contributed by atoms with van der Waals surface area (Å²) < 4.78 is 40.2. The molecule has 0 aliphatic heterocycles. The first kappa shape index (κ1) is 13.6. The lowest BCUT2D eigenvalue weighted by Crippen LogP contribution is -2.19. The van der Waals surface area contributed by atoms with Crippen LogP contribution in [0.4, 0.5) is 13.2 Å². The Bertz CT molecular complexity index is 454. The largest absolute Gasteiger partial charge is 0.573 e. The van der Waals surface area contributed by atoms with Gasteiger partial charge in [-0.15, -0.1) is 24.8 Å². The third kappa shape index (κ3) is 3.49. The van der Waals surface area contributed by atoms with E-state index in [2.05, 4.69) is 9.72 Å². The molecule has 0 unspecified atom stereocenters. The maximum Gasteiger partial charge on any atom is 0.573 e. The first-order valence-corrected chi connectivity index (χ1v) is 5.08. The highest BCUT2D eigenvalue weighted by Gasteiger charge is 2.32. The van der Waals surface area contributed by atoms with Crippen molar-refractivity contribution in [3.05, 3.63) is 23.0 Å². The third-order valence-corrected chi connectivity index (χ3v) is 2.36. The molecule has 0 atom stereocenters. The molecule has 0 aliphatic rings. The topological polar surface area (TPSA) is 45.9 Å². The van der Waals surface area contributed by atoms with Gasteiger partial charge in [-0.05, 0) is 12.5 Å². The van der Waals surface area contributed by atoms with Crippen LogP contribution in [-0.2, 0) is 12.3 Å². The lowest BCUT2D eigenvalue weighted by atomic mass is 10.0. The number of hydrogen-bond acceptors (Lipinski definition) is 3. The highest BCUT2D eigenvalue weighted by molar-refractivity contribution is 6.17. The molecule has 0 fully saturated rings. The number of alkyl halides is 4. The van der Waals surface area contributed by atoms with Crippen molar-refractivity contribution < 1.29 is 17.9 Å². The van der Waals surface area contributed by atoms with Crippen LogP contribution < -0.4 is 4.74 Å². The average Bonchev–Trinajstić information content (AvgIpc) is 2.21. The predicted molar refractivity (Wildman–Crippen MR) is 54.5 cm³/mol. The van der Waals surface area contributed by atoms with Crippen molar-refractivity contribution in [3.8, 4) is 11.8 Å². The minimum atomic E-state index is -4.80. The molecule has 1 aromatic heterocycles. The Balaban J connectivity index is 3.24. The Hall–Kier alpha value is -1.48. The Morgan fingerprint density at radius 2 is 2.12 bits per heavy atom. The number of nitriles is 1. The molecule has 0 aromatic carbocycles. The Morgan fingerprint density at radius 3 is 2.59 bits per heavy atom. The zero-order chi connectivity index (χ0) is 13.1. The van der Waals surface area contributed by atoms with Gasteiger partial charge < -0.3 is 4.74 Å². The van der Waals surface area contributed by atoms with Gasteiger partial charge in [-0.3, -0.25) is 4.98 Å². The van der Waals surface area contributed by atoms with Gasteiger partial charge >= 0.3 is 6.36 Å². The second-order valence-corrected chi connectivity index (χ2v) is 3.45. The van der Waals surface area contributed by atoms with Crippen LogP contribution in [0, 0.1) is 18.3 Å². The van der Waals surface area contributed by atoms with Crippen LogP contribution in [-0.4, -0.2) is 11.3 Å². The molecule has 7 heteroatoms. The van der Waals surface area contributed by atoms with E-state index in [1.807, 2.05) is 6.07 Å². The quantitative estimate of drug-likeness (QED) is 0.788. The highest BCUT2D eigenvalue weighted by atomic mass is 35.5. The van der Waals surface area contributed by atoms with Crippen molar-refractivity contribution >= 4 is 11.6 Å². The molecule has 0 saturated carbocycles. The lowest BCUT2D eigenvalue weighted by molar-refractivity contribution is -0.275. The first-order chi connectivity index (χ1) is 7.89. The standard InChI is InChI=1S/C10H8ClF3N2O/c1-6-7(2-3-15)8(4-11)9(5-16-6)17-10(12,13)14/h5H,2,4H2,1H3. The van der Waals surface area contributed by atoms with E-state index in [0.717, 1.165) is 6.20 Å². The number of aromatic nitrogens is 1. The average molecular weight is 265 g/mol. The van der Waals surface area contributed by atoms with Crippen molar-refractivity contribution in [1.29, 1.82) is 5.26 Å². The number of rotatable bonds is 3. The monoisotopic (exact) mass is 264 g/mol. The molecule has 0 aliphatic carbocycles. The number of pyridine rings is 1. The molecule has 0 amide bonds. The van der Waals surface area contributed by atoms with E-state index in [4.69, 9.17) is 16.9 Å². The molecule has 0 saturated heterocycles. The van der Waals surface area contributed by atoms with Crippen LogP contribution in [0.2, 0.25) is 0 Å². The molecule has 92 valence electrons. The van der Waals surface area contributed by atoms with Crippen LogP contribution in [0.15, 0.2) is 6.20 Å². The maximum atomic E-state index is 12.1. The van der Waals surface area contributed by atoms with Gasteiger partial charge in [0.2, 0.25) is 0 Å². The van der Waals surface area contributed by atoms with E-state index in [1.54, 1.807) is 6.92 Å². The third-order valence-electron chi connectivity index (χ3n) is 2.09. The zero-order valence-corrected chi connectivity index (χ0v) is 9.56. The highest BCUT2D eigenvalue weighted by Crippen LogP contribution is 2.30. The molecule has 3 nitrogen and oxygen atoms in total. The predicted octanol–water partition coefficient (Wildman–Crippen LogP) is 3.09. The van der Waals surface area contributed by atoms with Crippen molar-refractivity contribution in [3.63, 3.8) is 0 Å². The van der Waals surface area contributed by atoms with Gasteiger partial charge in [0.25, 0.3) is 0 Å². The minimum absolute atomic E-state index is 0.0596. The van der Waals surface area contributed by atoms with E-state index < -0.39 is 12.1 Å². The molecular weight excluding hydrogens is 257 g/mol. The minimum Gasteiger partial charge on any atom is -0.404 e. The Morgan fingerprint density at radius 1 is 1.47 bits per heavy atom. The summed E-state index contributed by atoms with van der Waals surface area (Å²) in [7, 11) is 0. The molecule has 0 spiro atoms. The summed E-state index contributed by atoms with van der Waals surface area (Å²) in [6.07, 6.45) is -3.90. The number of nitrogens with zero attached hydrogens (tertiary/aromatic N) is 2. The lowest BCUT2D eigenvalue weighted by Gasteiger charge is -2.15. The van der Waals surface area contributed by atoms with Gasteiger partial charge in [0.05, 0.1) is 24.6 Å². The van der Waals surface area contributed by atoms with Crippen molar-refractivity contribution in [2.75, 3.05) is 0 Å². The molecule has 17 heavy (non-hydrogen) atoms. The summed E-state index contributed by atoms with van der Waals surface area (Å²) in [6, 6.07) is 1.85. The van der Waals surface area contributed by atoms with Crippen molar-refractivity contribution in [1.82, 2.24) is 4.98 Å². The summed E-state index contributed by atoms with van der Waals surface area (Å²) in [4.78, 5) is 3.76. The van der Waals surface area contributed by atoms with E-state index in [9.17, 15) is 13.2 Å². The normalized spacial score (nSPS) is 11.1. The summed E-state index contributed by atoms with van der Waals surface area (Å²) in [5.74, 6) is -0.630. The molecule has 0 N–H and O–H groups in total. The molecule has 1 aromatic rings. The number of aryl methyl sites for hydroxylation is 1. The van der Waals surface area contributed by atoms with Crippen LogP contribution in [0.5, 0.6) is 5.75 Å². The van der Waals surface area contributed by atoms with Gasteiger partial charge in [-0.25, -0.2) is 0 Å². The Labute approximate surface area is 101 Å². The number of hydrogen-bond donors (Lipinski definition) is 0. The van der Waals surface area contributed by atoms with Crippen LogP contribution in [0.3, 0.4) is 0 Å². The fourth-order valence-corrected chi connectivity index (χ4v) is 1.64. The summed E-state index contributed by atoms with van der Waals surface area (Å²) in [5, 5.41) is 8.60. The zero-order valence-electron chi connectivity index (χ0n) is 8.81. The summed E-state index contributed by atoms with van der Waals surface area (Å²) in [5.41, 5.74) is 0.999. The molecule has 1 rings (SSSR count). The number of ether oxygens (including phenoxy) is 1. The molecule has 1 heterocycles. The van der Waals surface area contributed by atoms with Gasteiger partial charge in [-0.1, -0.05) is 0 Å². The number of halogens is 4. The van der Waals surface area contributed by atoms with Gasteiger partial charge in [0, 0.05) is 11.3 Å². The van der Waals surface area contributed by atoms with E-state index in [-0.39, 0.29) is 17.9 Å². The van der Waals surface area contributed by atoms with Crippen molar-refractivity contribution in [2.45, 2.75) is 25.6 Å². The fourth-order valence-electron chi connectivity index (χ4n) is 1.35. The van der Waals surface area contributed by atoms with E-state index in [1.165, 1.54) is 0 Å². The summed E-state index contributed by atoms with van der Waals surface area (Å²) >= 11 is 5.59. The van der Waals surface area contributed by atoms with E-state index in [0.29, 0.717) is 11.3 Å². The van der Waals surface area contributed by atoms with Gasteiger partial charge in [0.1, 0.15) is 0 Å². The van der Waals surface area contributed by atoms with Crippen LogP contribution in [0.25, 0.3) is 0 Å². The van der Waals surface area contributed by atoms with Crippen molar-refractivity contribution in [2.24, 2.45) is 0 Å². The van der Waals surface area contributed by atoms with E-state index >= 15 is 0 Å². The molecule has 0 radical (unpaired) electrons. The summed E-state index contributed by atoms with van der Waals surface area (Å²) in [6.45, 7) is 1.60. The van der Waals surface area contributed by atoms with Gasteiger partial charge in [-0.2, -0.15) is 5.26 Å². The van der Waals surface area contributed by atoms with Crippen LogP contribution in [0.1, 0.15) is 16.8 Å². The van der Waals surface area contributed by atoms with Gasteiger partial charge in [0.15, 0.2) is 5.75 Å². The Kier molecular flexibility index (Phi) is 4.18. The molecule has 0 bridgehead atoms.